The van der Waals surface area contributed by atoms with Crippen molar-refractivity contribution < 1.29 is 14.6 Å². The first-order chi connectivity index (χ1) is 13.4. The van der Waals surface area contributed by atoms with Crippen molar-refractivity contribution >= 4 is 17.5 Å². The molecule has 0 radical (unpaired) electrons. The molecule has 2 aliphatic rings. The third-order valence-electron chi connectivity index (χ3n) is 5.79. The van der Waals surface area contributed by atoms with Gasteiger partial charge in [-0.2, -0.15) is 0 Å². The second-order valence-corrected chi connectivity index (χ2v) is 8.19. The lowest BCUT2D eigenvalue weighted by Crippen LogP contribution is -2.42. The van der Waals surface area contributed by atoms with Gasteiger partial charge < -0.3 is 19.3 Å². The average molecular weight is 403 g/mol. The molecule has 6 nitrogen and oxygen atoms in total. The maximum absolute atomic E-state index is 12.8. The van der Waals surface area contributed by atoms with Gasteiger partial charge in [0.2, 0.25) is 5.56 Å². The van der Waals surface area contributed by atoms with Crippen LogP contribution in [0, 0.1) is 11.8 Å². The lowest BCUT2D eigenvalue weighted by Gasteiger charge is -2.35. The van der Waals surface area contributed by atoms with Gasteiger partial charge in [0.15, 0.2) is 0 Å². The number of aryl methyl sites for hydroxylation is 1. The van der Waals surface area contributed by atoms with Gasteiger partial charge in [-0.15, -0.1) is 0 Å². The highest BCUT2D eigenvalue weighted by Crippen LogP contribution is 2.38. The number of benzene rings is 1. The summed E-state index contributed by atoms with van der Waals surface area (Å²) in [5.41, 5.74) is 0.365. The number of aliphatic hydroxyl groups is 1. The third-order valence-corrected chi connectivity index (χ3v) is 6.02. The van der Waals surface area contributed by atoms with Crippen molar-refractivity contribution in [2.45, 2.75) is 25.0 Å². The number of pyridine rings is 1. The fraction of sp³-hybridized carbons (Fsp3) is 0.429. The van der Waals surface area contributed by atoms with Crippen LogP contribution in [0.1, 0.15) is 23.2 Å². The molecule has 1 aliphatic carbocycles. The van der Waals surface area contributed by atoms with E-state index in [9.17, 15) is 14.7 Å². The molecule has 1 aliphatic heterocycles. The van der Waals surface area contributed by atoms with Gasteiger partial charge in [0.25, 0.3) is 5.91 Å². The van der Waals surface area contributed by atoms with E-state index in [1.54, 1.807) is 31.4 Å². The van der Waals surface area contributed by atoms with Gasteiger partial charge in [0.05, 0.1) is 11.7 Å². The Balaban J connectivity index is 1.44. The van der Waals surface area contributed by atoms with Crippen LogP contribution in [0.5, 0.6) is 5.75 Å². The molecule has 148 valence electrons. The monoisotopic (exact) mass is 402 g/mol. The normalized spacial score (nSPS) is 26.8. The van der Waals surface area contributed by atoms with E-state index >= 15 is 0 Å². The van der Waals surface area contributed by atoms with E-state index in [1.165, 1.54) is 10.6 Å². The molecule has 2 fully saturated rings. The Labute approximate surface area is 168 Å². The molecule has 1 aromatic carbocycles. The predicted octanol–water partition coefficient (Wildman–Crippen LogP) is 2.33. The fourth-order valence-corrected chi connectivity index (χ4v) is 4.48. The number of ether oxygens (including phenoxy) is 1. The number of halogens is 1. The van der Waals surface area contributed by atoms with E-state index in [0.717, 1.165) is 0 Å². The summed E-state index contributed by atoms with van der Waals surface area (Å²) in [5, 5.41) is 11.1. The first-order valence-corrected chi connectivity index (χ1v) is 9.85. The van der Waals surface area contributed by atoms with Gasteiger partial charge in [-0.3, -0.25) is 9.59 Å². The second kappa shape index (κ2) is 7.60. The molecule has 1 saturated carbocycles. The van der Waals surface area contributed by atoms with Crippen LogP contribution in [0.15, 0.2) is 47.4 Å². The van der Waals surface area contributed by atoms with Gasteiger partial charge in [0, 0.05) is 37.4 Å². The summed E-state index contributed by atoms with van der Waals surface area (Å²) in [6, 6.07) is 10.2. The Morgan fingerprint density at radius 2 is 1.93 bits per heavy atom. The van der Waals surface area contributed by atoms with Crippen LogP contribution < -0.4 is 10.3 Å². The maximum Gasteiger partial charge on any atom is 0.255 e. The van der Waals surface area contributed by atoms with Crippen LogP contribution in [-0.2, 0) is 7.05 Å². The first kappa shape index (κ1) is 19.0. The van der Waals surface area contributed by atoms with E-state index in [4.69, 9.17) is 16.3 Å². The number of carbonyl (C=O) groups is 1. The highest BCUT2D eigenvalue weighted by atomic mass is 35.5. The summed E-state index contributed by atoms with van der Waals surface area (Å²) < 4.78 is 7.40. The summed E-state index contributed by atoms with van der Waals surface area (Å²) in [4.78, 5) is 26.2. The smallest absolute Gasteiger partial charge is 0.255 e. The van der Waals surface area contributed by atoms with Gasteiger partial charge in [-0.1, -0.05) is 17.7 Å². The molecule has 4 atom stereocenters. The molecular weight excluding hydrogens is 380 g/mol. The highest BCUT2D eigenvalue weighted by molar-refractivity contribution is 6.30. The largest absolute Gasteiger partial charge is 0.488 e. The molecule has 1 amide bonds. The predicted molar refractivity (Wildman–Crippen MR) is 106 cm³/mol. The van der Waals surface area contributed by atoms with Crippen LogP contribution >= 0.6 is 11.6 Å². The number of aromatic nitrogens is 1. The minimum atomic E-state index is -0.576. The Kier molecular flexibility index (Phi) is 5.17. The van der Waals surface area contributed by atoms with Crippen molar-refractivity contribution in [2.75, 3.05) is 13.1 Å². The number of amides is 1. The number of hydrogen-bond acceptors (Lipinski definition) is 4. The van der Waals surface area contributed by atoms with Crippen molar-refractivity contribution in [3.8, 4) is 5.75 Å². The molecule has 0 bridgehead atoms. The molecular formula is C21H23ClN2O4. The summed E-state index contributed by atoms with van der Waals surface area (Å²) in [5.74, 6) is 1.10. The zero-order chi connectivity index (χ0) is 19.8. The Hall–Kier alpha value is -2.31. The summed E-state index contributed by atoms with van der Waals surface area (Å²) >= 11 is 6.01. The Bertz CT molecular complexity index is 944. The number of aliphatic hydroxyl groups excluding tert-OH is 1. The van der Waals surface area contributed by atoms with Crippen LogP contribution in [0.3, 0.4) is 0 Å². The molecule has 1 saturated heterocycles. The highest BCUT2D eigenvalue weighted by Gasteiger charge is 2.44. The minimum Gasteiger partial charge on any atom is -0.488 e. The van der Waals surface area contributed by atoms with Crippen molar-refractivity contribution in [1.82, 2.24) is 9.47 Å². The average Bonchev–Trinajstić information content (AvgIpc) is 3.06. The summed E-state index contributed by atoms with van der Waals surface area (Å²) in [6.07, 6.45) is 1.98. The number of nitrogens with zero attached hydrogens (tertiary/aromatic N) is 2. The summed E-state index contributed by atoms with van der Waals surface area (Å²) in [7, 11) is 1.64. The van der Waals surface area contributed by atoms with Crippen LogP contribution in [0.4, 0.5) is 0 Å². The topological polar surface area (TPSA) is 71.8 Å². The van der Waals surface area contributed by atoms with Crippen molar-refractivity contribution in [1.29, 1.82) is 0 Å². The van der Waals surface area contributed by atoms with E-state index in [-0.39, 0.29) is 29.4 Å². The fourth-order valence-electron chi connectivity index (χ4n) is 4.30. The SMILES string of the molecule is Cn1cc(C(=O)N2C[C@H]3C[C@@H](Oc4cccc(Cl)c4)[C@H](O)C[C@H]3C2)ccc1=O. The second-order valence-electron chi connectivity index (χ2n) is 7.75. The Morgan fingerprint density at radius 3 is 2.64 bits per heavy atom. The van der Waals surface area contributed by atoms with E-state index in [1.807, 2.05) is 17.0 Å². The third kappa shape index (κ3) is 3.80. The molecule has 4 rings (SSSR count). The van der Waals surface area contributed by atoms with E-state index in [2.05, 4.69) is 0 Å². The van der Waals surface area contributed by atoms with Gasteiger partial charge in [0.1, 0.15) is 11.9 Å². The van der Waals surface area contributed by atoms with Gasteiger partial charge >= 0.3 is 0 Å². The van der Waals surface area contributed by atoms with Crippen LogP contribution in [-0.4, -0.2) is 45.8 Å². The number of rotatable bonds is 3. The van der Waals surface area contributed by atoms with Gasteiger partial charge in [-0.25, -0.2) is 0 Å². The zero-order valence-corrected chi connectivity index (χ0v) is 16.4. The number of hydrogen-bond donors (Lipinski definition) is 1. The first-order valence-electron chi connectivity index (χ1n) is 9.47. The van der Waals surface area contributed by atoms with Crippen LogP contribution in [0.25, 0.3) is 0 Å². The minimum absolute atomic E-state index is 0.0770. The van der Waals surface area contributed by atoms with Gasteiger partial charge in [-0.05, 0) is 48.9 Å². The molecule has 28 heavy (non-hydrogen) atoms. The molecule has 2 aromatic rings. The zero-order valence-electron chi connectivity index (χ0n) is 15.6. The van der Waals surface area contributed by atoms with Crippen molar-refractivity contribution in [3.63, 3.8) is 0 Å². The standard InChI is InChI=1S/C21H23ClN2O4/c1-23-10-13(5-6-20(23)26)21(27)24-11-14-7-18(25)19(8-15(14)12-24)28-17-4-2-3-16(22)9-17/h2-6,9-10,14-15,18-19,25H,7-8,11-12H2,1H3/t14-,15+,18+,19+/m0/s1. The number of carbonyl (C=O) groups excluding carboxylic acids is 1. The molecule has 7 heteroatoms. The quantitative estimate of drug-likeness (QED) is 0.855. The number of likely N-dealkylation sites (tertiary alicyclic amines) is 1. The lowest BCUT2D eigenvalue weighted by atomic mass is 9.78. The Morgan fingerprint density at radius 1 is 1.18 bits per heavy atom. The maximum atomic E-state index is 12.8. The van der Waals surface area contributed by atoms with E-state index < -0.39 is 6.10 Å². The van der Waals surface area contributed by atoms with Crippen molar-refractivity contribution in [3.05, 3.63) is 63.5 Å². The van der Waals surface area contributed by atoms with E-state index in [0.29, 0.717) is 42.3 Å². The molecule has 0 spiro atoms. The summed E-state index contributed by atoms with van der Waals surface area (Å²) in [6.45, 7) is 1.25. The van der Waals surface area contributed by atoms with Crippen molar-refractivity contribution in [2.24, 2.45) is 18.9 Å². The molecule has 1 aromatic heterocycles. The molecule has 0 unspecified atom stereocenters. The molecule has 2 heterocycles. The lowest BCUT2D eigenvalue weighted by molar-refractivity contribution is -0.0231. The number of fused-ring (bicyclic) bond motifs is 1. The van der Waals surface area contributed by atoms with Crippen LogP contribution in [0.2, 0.25) is 5.02 Å². The molecule has 1 N–H and O–H groups in total.